The van der Waals surface area contributed by atoms with Gasteiger partial charge in [0.2, 0.25) is 0 Å². The number of nitrogens with zero attached hydrogens (tertiary/aromatic N) is 1. The van der Waals surface area contributed by atoms with Crippen LogP contribution in [-0.4, -0.2) is 25.8 Å². The van der Waals surface area contributed by atoms with Crippen LogP contribution in [0.2, 0.25) is 5.02 Å². The van der Waals surface area contributed by atoms with Crippen LogP contribution in [0.25, 0.3) is 10.8 Å². The van der Waals surface area contributed by atoms with E-state index >= 15 is 0 Å². The molecule has 0 saturated carbocycles. The lowest BCUT2D eigenvalue weighted by molar-refractivity contribution is -0.123. The molecule has 1 N–H and O–H groups in total. The number of hydrogen-bond acceptors (Lipinski definition) is 4. The molecule has 6 heteroatoms. The first-order valence-corrected chi connectivity index (χ1v) is 8.31. The zero-order chi connectivity index (χ0) is 18.4. The highest BCUT2D eigenvalue weighted by Crippen LogP contribution is 2.27. The molecule has 0 fully saturated rings. The molecule has 0 radical (unpaired) electrons. The fraction of sp³-hybridized carbons (Fsp3) is 0.100. The topological polar surface area (TPSA) is 59.9 Å². The molecule has 0 spiro atoms. The van der Waals surface area contributed by atoms with Gasteiger partial charge in [-0.2, -0.15) is 5.10 Å². The molecule has 0 bridgehead atoms. The van der Waals surface area contributed by atoms with Gasteiger partial charge in [-0.1, -0.05) is 35.9 Å². The Hall–Kier alpha value is -3.05. The molecule has 5 nitrogen and oxygen atoms in total. The number of benzene rings is 3. The monoisotopic (exact) mass is 368 g/mol. The molecule has 0 saturated heterocycles. The molecular weight excluding hydrogens is 352 g/mol. The first kappa shape index (κ1) is 17.8. The predicted molar refractivity (Wildman–Crippen MR) is 103 cm³/mol. The van der Waals surface area contributed by atoms with Crippen LogP contribution < -0.4 is 14.9 Å². The van der Waals surface area contributed by atoms with E-state index in [0.29, 0.717) is 10.8 Å². The summed E-state index contributed by atoms with van der Waals surface area (Å²) in [7, 11) is 1.64. The first-order valence-electron chi connectivity index (χ1n) is 7.93. The van der Waals surface area contributed by atoms with Crippen molar-refractivity contribution in [2.45, 2.75) is 0 Å². The van der Waals surface area contributed by atoms with Gasteiger partial charge < -0.3 is 9.47 Å². The van der Waals surface area contributed by atoms with E-state index in [9.17, 15) is 4.79 Å². The van der Waals surface area contributed by atoms with E-state index in [1.54, 1.807) is 37.6 Å². The highest BCUT2D eigenvalue weighted by molar-refractivity contribution is 6.30. The number of nitrogens with one attached hydrogen (secondary N) is 1. The van der Waals surface area contributed by atoms with Crippen molar-refractivity contribution in [3.8, 4) is 11.5 Å². The van der Waals surface area contributed by atoms with Gasteiger partial charge >= 0.3 is 0 Å². The smallest absolute Gasteiger partial charge is 0.277 e. The summed E-state index contributed by atoms with van der Waals surface area (Å²) in [5.74, 6) is 1.00. The second kappa shape index (κ2) is 8.36. The molecule has 0 unspecified atom stereocenters. The van der Waals surface area contributed by atoms with E-state index in [4.69, 9.17) is 21.1 Å². The molecular formula is C20H17ClN2O3. The van der Waals surface area contributed by atoms with Gasteiger partial charge in [-0.15, -0.1) is 0 Å². The van der Waals surface area contributed by atoms with Crippen molar-refractivity contribution in [1.29, 1.82) is 0 Å². The Labute approximate surface area is 156 Å². The van der Waals surface area contributed by atoms with E-state index < -0.39 is 0 Å². The van der Waals surface area contributed by atoms with Crippen LogP contribution in [0.3, 0.4) is 0 Å². The molecule has 0 atom stereocenters. The molecule has 132 valence electrons. The van der Waals surface area contributed by atoms with Crippen LogP contribution in [-0.2, 0) is 4.79 Å². The van der Waals surface area contributed by atoms with Crippen molar-refractivity contribution in [2.24, 2.45) is 5.10 Å². The van der Waals surface area contributed by atoms with E-state index in [0.717, 1.165) is 22.1 Å². The first-order chi connectivity index (χ1) is 12.7. The highest BCUT2D eigenvalue weighted by Gasteiger charge is 2.05. The van der Waals surface area contributed by atoms with Gasteiger partial charge in [-0.25, -0.2) is 5.43 Å². The Bertz CT molecular complexity index is 939. The lowest BCUT2D eigenvalue weighted by Crippen LogP contribution is -2.24. The van der Waals surface area contributed by atoms with Crippen molar-refractivity contribution in [3.63, 3.8) is 0 Å². The maximum absolute atomic E-state index is 11.8. The number of hydrazone groups is 1. The summed E-state index contributed by atoms with van der Waals surface area (Å²) in [6.07, 6.45) is 1.60. The molecule has 1 amide bonds. The molecule has 0 aliphatic carbocycles. The van der Waals surface area contributed by atoms with E-state index in [1.807, 2.05) is 36.4 Å². The van der Waals surface area contributed by atoms with Crippen molar-refractivity contribution in [2.75, 3.05) is 13.7 Å². The SMILES string of the molecule is COc1ccc(/C=N\NC(=O)COc2ccc(Cl)cc2)c2ccccc12. The predicted octanol–water partition coefficient (Wildman–Crippen LogP) is 4.03. The summed E-state index contributed by atoms with van der Waals surface area (Å²) in [5.41, 5.74) is 3.33. The average molecular weight is 369 g/mol. The zero-order valence-corrected chi connectivity index (χ0v) is 14.9. The van der Waals surface area contributed by atoms with Crippen LogP contribution in [0, 0.1) is 0 Å². The number of hydrogen-bond donors (Lipinski definition) is 1. The molecule has 3 aromatic carbocycles. The number of amides is 1. The van der Waals surface area contributed by atoms with Gasteiger partial charge in [-0.3, -0.25) is 4.79 Å². The molecule has 3 rings (SSSR count). The minimum absolute atomic E-state index is 0.137. The van der Waals surface area contributed by atoms with Crippen LogP contribution in [0.4, 0.5) is 0 Å². The van der Waals surface area contributed by atoms with Crippen LogP contribution >= 0.6 is 11.6 Å². The third-order valence-corrected chi connectivity index (χ3v) is 3.97. The summed E-state index contributed by atoms with van der Waals surface area (Å²) in [4.78, 5) is 11.8. The third kappa shape index (κ3) is 4.32. The summed E-state index contributed by atoms with van der Waals surface area (Å²) in [5, 5.41) is 6.59. The van der Waals surface area contributed by atoms with E-state index in [-0.39, 0.29) is 12.5 Å². The number of halogens is 1. The number of ether oxygens (including phenoxy) is 2. The van der Waals surface area contributed by atoms with Gasteiger partial charge in [0, 0.05) is 16.0 Å². The number of carbonyl (C=O) groups is 1. The minimum atomic E-state index is -0.353. The fourth-order valence-electron chi connectivity index (χ4n) is 2.47. The Morgan fingerprint density at radius 2 is 1.81 bits per heavy atom. The van der Waals surface area contributed by atoms with E-state index in [2.05, 4.69) is 10.5 Å². The van der Waals surface area contributed by atoms with Gasteiger partial charge in [0.25, 0.3) is 5.91 Å². The van der Waals surface area contributed by atoms with Crippen molar-refractivity contribution in [3.05, 3.63) is 71.2 Å². The molecule has 0 aliphatic heterocycles. The summed E-state index contributed by atoms with van der Waals surface area (Å²) in [6.45, 7) is -0.137. The second-order valence-corrected chi connectivity index (χ2v) is 5.87. The van der Waals surface area contributed by atoms with Crippen LogP contribution in [0.5, 0.6) is 11.5 Å². The van der Waals surface area contributed by atoms with E-state index in [1.165, 1.54) is 0 Å². The quantitative estimate of drug-likeness (QED) is 0.528. The van der Waals surface area contributed by atoms with Crippen LogP contribution in [0.15, 0.2) is 65.8 Å². The number of fused-ring (bicyclic) bond motifs is 1. The average Bonchev–Trinajstić information content (AvgIpc) is 2.67. The Balaban J connectivity index is 1.62. The van der Waals surface area contributed by atoms with Crippen molar-refractivity contribution < 1.29 is 14.3 Å². The summed E-state index contributed by atoms with van der Waals surface area (Å²) < 4.78 is 10.7. The Kier molecular flexibility index (Phi) is 5.71. The lowest BCUT2D eigenvalue weighted by atomic mass is 10.0. The van der Waals surface area contributed by atoms with Crippen molar-refractivity contribution >= 4 is 34.5 Å². The maximum Gasteiger partial charge on any atom is 0.277 e. The van der Waals surface area contributed by atoms with Gasteiger partial charge in [0.05, 0.1) is 13.3 Å². The zero-order valence-electron chi connectivity index (χ0n) is 14.1. The standard InChI is InChI=1S/C20H17ClN2O3/c1-25-19-11-6-14(17-4-2-3-5-18(17)19)12-22-23-20(24)13-26-16-9-7-15(21)8-10-16/h2-12H,13H2,1H3,(H,23,24)/b22-12-. The third-order valence-electron chi connectivity index (χ3n) is 3.71. The van der Waals surface area contributed by atoms with Gasteiger partial charge in [-0.05, 0) is 41.8 Å². The molecule has 3 aromatic rings. The largest absolute Gasteiger partial charge is 0.496 e. The minimum Gasteiger partial charge on any atom is -0.496 e. The lowest BCUT2D eigenvalue weighted by Gasteiger charge is -2.07. The normalized spacial score (nSPS) is 10.8. The number of methoxy groups -OCH3 is 1. The summed E-state index contributed by atoms with van der Waals surface area (Å²) >= 11 is 5.80. The van der Waals surface area contributed by atoms with Gasteiger partial charge in [0.1, 0.15) is 11.5 Å². The Morgan fingerprint density at radius 3 is 2.54 bits per heavy atom. The van der Waals surface area contributed by atoms with Gasteiger partial charge in [0.15, 0.2) is 6.61 Å². The Morgan fingerprint density at radius 1 is 1.08 bits per heavy atom. The molecule has 0 aliphatic rings. The van der Waals surface area contributed by atoms with Crippen molar-refractivity contribution in [1.82, 2.24) is 5.43 Å². The second-order valence-electron chi connectivity index (χ2n) is 5.44. The fourth-order valence-corrected chi connectivity index (χ4v) is 2.60. The van der Waals surface area contributed by atoms with Crippen LogP contribution in [0.1, 0.15) is 5.56 Å². The molecule has 0 heterocycles. The highest BCUT2D eigenvalue weighted by atomic mass is 35.5. The summed E-state index contributed by atoms with van der Waals surface area (Å²) in [6, 6.07) is 18.4. The molecule has 26 heavy (non-hydrogen) atoms. The maximum atomic E-state index is 11.8. The number of rotatable bonds is 6. The molecule has 0 aromatic heterocycles. The number of carbonyl (C=O) groups excluding carboxylic acids is 1.